The molecule has 0 radical (unpaired) electrons. The van der Waals surface area contributed by atoms with E-state index in [9.17, 15) is 17.6 Å². The van der Waals surface area contributed by atoms with Crippen molar-refractivity contribution in [3.63, 3.8) is 0 Å². The van der Waals surface area contributed by atoms with E-state index in [0.29, 0.717) is 5.56 Å². The number of para-hydroxylation sites is 1. The molecule has 0 amide bonds. The van der Waals surface area contributed by atoms with Gasteiger partial charge in [-0.25, -0.2) is 4.39 Å². The number of alkyl halides is 4. The molecular formula is C14H9ClF4O. The first kappa shape index (κ1) is 14.7. The lowest BCUT2D eigenvalue weighted by atomic mass is 10.2. The van der Waals surface area contributed by atoms with Gasteiger partial charge >= 0.3 is 6.18 Å². The molecule has 0 saturated heterocycles. The maximum Gasteiger partial charge on any atom is 0.419 e. The number of rotatable bonds is 3. The highest BCUT2D eigenvalue weighted by atomic mass is 35.5. The molecule has 6 heteroatoms. The number of benzene rings is 2. The first-order chi connectivity index (χ1) is 9.41. The maximum absolute atomic E-state index is 13.7. The van der Waals surface area contributed by atoms with Crippen molar-refractivity contribution in [1.29, 1.82) is 0 Å². The van der Waals surface area contributed by atoms with Crippen molar-refractivity contribution >= 4 is 11.6 Å². The van der Waals surface area contributed by atoms with Crippen LogP contribution in [0.15, 0.2) is 42.5 Å². The molecule has 0 fully saturated rings. The molecule has 0 saturated carbocycles. The van der Waals surface area contributed by atoms with Gasteiger partial charge in [0.15, 0.2) is 11.6 Å². The molecule has 20 heavy (non-hydrogen) atoms. The minimum Gasteiger partial charge on any atom is -0.454 e. The van der Waals surface area contributed by atoms with E-state index < -0.39 is 23.3 Å². The molecule has 2 aromatic carbocycles. The number of ether oxygens (including phenoxy) is 1. The fraction of sp³-hybridized carbons (Fsp3) is 0.143. The molecule has 0 aliphatic carbocycles. The van der Waals surface area contributed by atoms with Crippen molar-refractivity contribution in [3.8, 4) is 11.5 Å². The fourth-order valence-electron chi connectivity index (χ4n) is 1.62. The van der Waals surface area contributed by atoms with E-state index >= 15 is 0 Å². The van der Waals surface area contributed by atoms with Crippen LogP contribution in [-0.4, -0.2) is 0 Å². The summed E-state index contributed by atoms with van der Waals surface area (Å²) in [5.74, 6) is -1.38. The van der Waals surface area contributed by atoms with Crippen molar-refractivity contribution in [2.24, 2.45) is 0 Å². The Hall–Kier alpha value is -1.75. The zero-order valence-corrected chi connectivity index (χ0v) is 10.8. The van der Waals surface area contributed by atoms with Crippen LogP contribution in [0.3, 0.4) is 0 Å². The van der Waals surface area contributed by atoms with E-state index in [2.05, 4.69) is 0 Å². The van der Waals surface area contributed by atoms with Gasteiger partial charge in [-0.05, 0) is 29.8 Å². The predicted octanol–water partition coefficient (Wildman–Crippen LogP) is 5.38. The minimum absolute atomic E-state index is 0.107. The molecule has 0 atom stereocenters. The van der Waals surface area contributed by atoms with Crippen LogP contribution in [0.2, 0.25) is 0 Å². The average Bonchev–Trinajstić information content (AvgIpc) is 2.40. The van der Waals surface area contributed by atoms with Gasteiger partial charge in [-0.3, -0.25) is 0 Å². The van der Waals surface area contributed by atoms with Crippen LogP contribution in [0, 0.1) is 5.82 Å². The third kappa shape index (κ3) is 3.22. The van der Waals surface area contributed by atoms with Gasteiger partial charge in [0.2, 0.25) is 0 Å². The molecule has 106 valence electrons. The summed E-state index contributed by atoms with van der Waals surface area (Å²) in [5.41, 5.74) is -0.443. The summed E-state index contributed by atoms with van der Waals surface area (Å²) < 4.78 is 57.1. The molecular weight excluding hydrogens is 296 g/mol. The molecule has 0 heterocycles. The van der Waals surface area contributed by atoms with Crippen molar-refractivity contribution in [1.82, 2.24) is 0 Å². The molecule has 0 unspecified atom stereocenters. The summed E-state index contributed by atoms with van der Waals surface area (Å²) in [4.78, 5) is 0. The third-order valence-electron chi connectivity index (χ3n) is 2.56. The Bertz CT molecular complexity index is 610. The first-order valence-electron chi connectivity index (χ1n) is 5.60. The Morgan fingerprint density at radius 2 is 1.70 bits per heavy atom. The lowest BCUT2D eigenvalue weighted by Crippen LogP contribution is -2.07. The number of halogens is 5. The van der Waals surface area contributed by atoms with E-state index in [-0.39, 0.29) is 11.6 Å². The monoisotopic (exact) mass is 304 g/mol. The van der Waals surface area contributed by atoms with Gasteiger partial charge < -0.3 is 4.74 Å². The molecule has 0 N–H and O–H groups in total. The SMILES string of the molecule is Fc1cc(CCl)ccc1Oc1ccccc1C(F)(F)F. The highest BCUT2D eigenvalue weighted by Crippen LogP contribution is 2.38. The van der Waals surface area contributed by atoms with E-state index in [1.807, 2.05) is 0 Å². The molecule has 0 aliphatic rings. The van der Waals surface area contributed by atoms with Crippen LogP contribution >= 0.6 is 11.6 Å². The predicted molar refractivity (Wildman–Crippen MR) is 67.5 cm³/mol. The second kappa shape index (κ2) is 5.71. The lowest BCUT2D eigenvalue weighted by Gasteiger charge is -2.14. The summed E-state index contributed by atoms with van der Waals surface area (Å²) in [5, 5.41) is 0. The van der Waals surface area contributed by atoms with Crippen LogP contribution in [-0.2, 0) is 12.1 Å². The zero-order chi connectivity index (χ0) is 14.8. The van der Waals surface area contributed by atoms with Crippen LogP contribution in [0.1, 0.15) is 11.1 Å². The van der Waals surface area contributed by atoms with Crippen molar-refractivity contribution < 1.29 is 22.3 Å². The van der Waals surface area contributed by atoms with Gasteiger partial charge in [-0.2, -0.15) is 13.2 Å². The lowest BCUT2D eigenvalue weighted by molar-refractivity contribution is -0.138. The second-order valence-electron chi connectivity index (χ2n) is 3.99. The van der Waals surface area contributed by atoms with Crippen LogP contribution < -0.4 is 4.74 Å². The average molecular weight is 305 g/mol. The van der Waals surface area contributed by atoms with Crippen molar-refractivity contribution in [2.45, 2.75) is 12.1 Å². The van der Waals surface area contributed by atoms with Gasteiger partial charge in [0.05, 0.1) is 5.56 Å². The fourth-order valence-corrected chi connectivity index (χ4v) is 1.78. The molecule has 2 aromatic rings. The van der Waals surface area contributed by atoms with Gasteiger partial charge in [0.1, 0.15) is 5.75 Å². The highest BCUT2D eigenvalue weighted by Gasteiger charge is 2.34. The second-order valence-corrected chi connectivity index (χ2v) is 4.26. The van der Waals surface area contributed by atoms with Crippen molar-refractivity contribution in [2.75, 3.05) is 0 Å². The number of hydrogen-bond donors (Lipinski definition) is 0. The Labute approximate surface area is 117 Å². The zero-order valence-electron chi connectivity index (χ0n) is 10.0. The molecule has 0 aromatic heterocycles. The summed E-state index contributed by atoms with van der Waals surface area (Å²) in [6, 6.07) is 8.50. The van der Waals surface area contributed by atoms with Gasteiger partial charge in [-0.1, -0.05) is 18.2 Å². The van der Waals surface area contributed by atoms with Crippen LogP contribution in [0.4, 0.5) is 17.6 Å². The summed E-state index contributed by atoms with van der Waals surface area (Å²) >= 11 is 5.54. The standard InChI is InChI=1S/C14H9ClF4O/c15-8-9-5-6-13(11(16)7-9)20-12-4-2-1-3-10(12)14(17,18)19/h1-7H,8H2. The van der Waals surface area contributed by atoms with E-state index in [0.717, 1.165) is 18.2 Å². The summed E-state index contributed by atoms with van der Waals surface area (Å²) in [6.45, 7) is 0. The van der Waals surface area contributed by atoms with Gasteiger partial charge in [0.25, 0.3) is 0 Å². The van der Waals surface area contributed by atoms with Crippen molar-refractivity contribution in [3.05, 3.63) is 59.4 Å². The van der Waals surface area contributed by atoms with E-state index in [1.165, 1.54) is 24.3 Å². The Kier molecular flexibility index (Phi) is 4.18. The molecule has 0 aliphatic heterocycles. The quantitative estimate of drug-likeness (QED) is 0.547. The topological polar surface area (TPSA) is 9.23 Å². The largest absolute Gasteiger partial charge is 0.454 e. The smallest absolute Gasteiger partial charge is 0.419 e. The molecule has 0 bridgehead atoms. The first-order valence-corrected chi connectivity index (χ1v) is 6.13. The highest BCUT2D eigenvalue weighted by molar-refractivity contribution is 6.17. The van der Waals surface area contributed by atoms with Gasteiger partial charge in [0, 0.05) is 5.88 Å². The van der Waals surface area contributed by atoms with Gasteiger partial charge in [-0.15, -0.1) is 11.6 Å². The van der Waals surface area contributed by atoms with E-state index in [1.54, 1.807) is 0 Å². The third-order valence-corrected chi connectivity index (χ3v) is 2.87. The maximum atomic E-state index is 13.7. The van der Waals surface area contributed by atoms with Crippen LogP contribution in [0.5, 0.6) is 11.5 Å². The molecule has 0 spiro atoms. The molecule has 1 nitrogen and oxygen atoms in total. The molecule has 2 rings (SSSR count). The van der Waals surface area contributed by atoms with Crippen LogP contribution in [0.25, 0.3) is 0 Å². The normalized spacial score (nSPS) is 11.4. The minimum atomic E-state index is -4.57. The summed E-state index contributed by atoms with van der Waals surface area (Å²) in [7, 11) is 0. The Morgan fingerprint density at radius 1 is 1.00 bits per heavy atom. The summed E-state index contributed by atoms with van der Waals surface area (Å²) in [6.07, 6.45) is -4.57. The Morgan fingerprint density at radius 3 is 2.30 bits per heavy atom. The van der Waals surface area contributed by atoms with E-state index in [4.69, 9.17) is 16.3 Å². The Balaban J connectivity index is 2.36. The number of hydrogen-bond acceptors (Lipinski definition) is 1.